The lowest BCUT2D eigenvalue weighted by Gasteiger charge is -2.37. The van der Waals surface area contributed by atoms with Crippen LogP contribution in [0, 0.1) is 5.41 Å². The van der Waals surface area contributed by atoms with Crippen molar-refractivity contribution in [2.75, 3.05) is 7.11 Å². The number of hydrogen-bond donors (Lipinski definition) is 0. The van der Waals surface area contributed by atoms with Crippen LogP contribution in [0.25, 0.3) is 0 Å². The van der Waals surface area contributed by atoms with E-state index in [0.29, 0.717) is 17.1 Å². The highest BCUT2D eigenvalue weighted by Gasteiger charge is 2.71. The van der Waals surface area contributed by atoms with Crippen LogP contribution >= 0.6 is 0 Å². The van der Waals surface area contributed by atoms with Gasteiger partial charge in [0.05, 0.1) is 17.3 Å². The lowest BCUT2D eigenvalue weighted by Crippen LogP contribution is -2.39. The van der Waals surface area contributed by atoms with Crippen LogP contribution in [0.2, 0.25) is 0 Å². The van der Waals surface area contributed by atoms with Gasteiger partial charge < -0.3 is 9.47 Å². The van der Waals surface area contributed by atoms with Gasteiger partial charge >= 0.3 is 0 Å². The zero-order valence-corrected chi connectivity index (χ0v) is 8.84. The Morgan fingerprint density at radius 1 is 1.14 bits per heavy atom. The van der Waals surface area contributed by atoms with Crippen LogP contribution in [0.15, 0.2) is 0 Å². The molecular formula is C12H18O2. The second-order valence-electron chi connectivity index (χ2n) is 6.13. The predicted octanol–water partition coefficient (Wildman–Crippen LogP) is 2.27. The molecule has 0 bridgehead atoms. The van der Waals surface area contributed by atoms with E-state index in [0.717, 1.165) is 6.42 Å². The topological polar surface area (TPSA) is 18.5 Å². The second kappa shape index (κ2) is 2.05. The summed E-state index contributed by atoms with van der Waals surface area (Å²) in [6.45, 7) is 0. The summed E-state index contributed by atoms with van der Waals surface area (Å²) in [6, 6.07) is 0. The van der Waals surface area contributed by atoms with Gasteiger partial charge in [-0.25, -0.2) is 0 Å². The fourth-order valence-electron chi connectivity index (χ4n) is 3.68. The molecule has 4 rings (SSSR count). The summed E-state index contributed by atoms with van der Waals surface area (Å²) in [7, 11) is 1.83. The van der Waals surface area contributed by atoms with Gasteiger partial charge in [0.1, 0.15) is 0 Å². The van der Waals surface area contributed by atoms with Gasteiger partial charge in [-0.1, -0.05) is 0 Å². The zero-order valence-electron chi connectivity index (χ0n) is 8.84. The van der Waals surface area contributed by atoms with E-state index in [1.807, 2.05) is 7.11 Å². The molecule has 4 aliphatic rings. The molecule has 78 valence electrons. The van der Waals surface area contributed by atoms with E-state index in [4.69, 9.17) is 9.47 Å². The number of hydrogen-bond acceptors (Lipinski definition) is 2. The molecule has 4 fully saturated rings. The third kappa shape index (κ3) is 0.938. The van der Waals surface area contributed by atoms with Gasteiger partial charge in [-0.2, -0.15) is 0 Å². The van der Waals surface area contributed by atoms with Crippen LogP contribution in [-0.2, 0) is 9.47 Å². The Bertz CT molecular complexity index is 269. The summed E-state index contributed by atoms with van der Waals surface area (Å²) in [4.78, 5) is 0. The smallest absolute Gasteiger partial charge is 0.0982 e. The van der Waals surface area contributed by atoms with E-state index in [2.05, 4.69) is 0 Å². The normalized spacial score (nSPS) is 49.9. The molecule has 1 saturated heterocycles. The zero-order chi connectivity index (χ0) is 9.44. The molecule has 3 saturated carbocycles. The molecule has 0 N–H and O–H groups in total. The minimum absolute atomic E-state index is 0.167. The summed E-state index contributed by atoms with van der Waals surface area (Å²) >= 11 is 0. The number of methoxy groups -OCH3 is 1. The van der Waals surface area contributed by atoms with Crippen molar-refractivity contribution in [3.63, 3.8) is 0 Å². The molecule has 1 heterocycles. The number of rotatable bonds is 1. The second-order valence-corrected chi connectivity index (χ2v) is 6.13. The van der Waals surface area contributed by atoms with E-state index < -0.39 is 0 Å². The van der Waals surface area contributed by atoms with E-state index in [-0.39, 0.29) is 5.60 Å². The fourth-order valence-corrected chi connectivity index (χ4v) is 3.68. The molecule has 0 aromatic heterocycles. The Morgan fingerprint density at radius 3 is 2.43 bits per heavy atom. The summed E-state index contributed by atoms with van der Waals surface area (Å²) in [6.07, 6.45) is 9.76. The summed E-state index contributed by atoms with van der Waals surface area (Å²) in [5.41, 5.74) is 1.18. The van der Waals surface area contributed by atoms with Gasteiger partial charge in [0.15, 0.2) is 0 Å². The van der Waals surface area contributed by atoms with Crippen molar-refractivity contribution in [2.24, 2.45) is 5.41 Å². The lowest BCUT2D eigenvalue weighted by molar-refractivity contribution is -0.131. The molecule has 0 radical (unpaired) electrons. The molecule has 2 nitrogen and oxygen atoms in total. The average molecular weight is 194 g/mol. The highest BCUT2D eigenvalue weighted by atomic mass is 16.6. The summed E-state index contributed by atoms with van der Waals surface area (Å²) < 4.78 is 11.8. The quantitative estimate of drug-likeness (QED) is 0.637. The minimum Gasteiger partial charge on any atom is -0.378 e. The molecule has 0 aromatic rings. The van der Waals surface area contributed by atoms with Crippen LogP contribution in [0.4, 0.5) is 0 Å². The van der Waals surface area contributed by atoms with Crippen molar-refractivity contribution in [1.29, 1.82) is 0 Å². The van der Waals surface area contributed by atoms with Gasteiger partial charge in [-0.3, -0.25) is 0 Å². The maximum absolute atomic E-state index is 6.34. The van der Waals surface area contributed by atoms with E-state index in [9.17, 15) is 0 Å². The van der Waals surface area contributed by atoms with Crippen molar-refractivity contribution in [2.45, 2.75) is 62.3 Å². The molecule has 3 aliphatic carbocycles. The standard InChI is InChI=1S/C12H18O2/c1-13-9-6-12(9)8-10(2-3-10)7-11(14-12)4-5-11/h9H,2-8H2,1H3/t9-,12-/m1/s1. The highest BCUT2D eigenvalue weighted by Crippen LogP contribution is 2.71. The molecule has 0 aromatic carbocycles. The Morgan fingerprint density at radius 2 is 1.93 bits per heavy atom. The maximum atomic E-state index is 6.34. The Labute approximate surface area is 85.0 Å². The van der Waals surface area contributed by atoms with Crippen molar-refractivity contribution in [3.05, 3.63) is 0 Å². The van der Waals surface area contributed by atoms with Crippen LogP contribution < -0.4 is 0 Å². The van der Waals surface area contributed by atoms with Gasteiger partial charge in [0, 0.05) is 13.5 Å². The molecule has 0 unspecified atom stereocenters. The predicted molar refractivity (Wildman–Crippen MR) is 52.1 cm³/mol. The van der Waals surface area contributed by atoms with Crippen molar-refractivity contribution in [3.8, 4) is 0 Å². The monoisotopic (exact) mass is 194 g/mol. The first-order valence-electron chi connectivity index (χ1n) is 5.93. The van der Waals surface area contributed by atoms with E-state index in [1.54, 1.807) is 0 Å². The van der Waals surface area contributed by atoms with Crippen LogP contribution in [0.5, 0.6) is 0 Å². The van der Waals surface area contributed by atoms with Gasteiger partial charge in [-0.15, -0.1) is 0 Å². The van der Waals surface area contributed by atoms with Crippen LogP contribution in [0.1, 0.15) is 44.9 Å². The lowest BCUT2D eigenvalue weighted by atomic mass is 9.86. The summed E-state index contributed by atoms with van der Waals surface area (Å²) in [5.74, 6) is 0. The minimum atomic E-state index is 0.167. The maximum Gasteiger partial charge on any atom is 0.0982 e. The Balaban J connectivity index is 1.63. The first-order valence-corrected chi connectivity index (χ1v) is 5.93. The molecule has 14 heavy (non-hydrogen) atoms. The van der Waals surface area contributed by atoms with Crippen molar-refractivity contribution >= 4 is 0 Å². The van der Waals surface area contributed by atoms with Crippen molar-refractivity contribution in [1.82, 2.24) is 0 Å². The van der Waals surface area contributed by atoms with Crippen LogP contribution in [0.3, 0.4) is 0 Å². The molecule has 3 spiro atoms. The summed E-state index contributed by atoms with van der Waals surface area (Å²) in [5, 5.41) is 0. The van der Waals surface area contributed by atoms with E-state index >= 15 is 0 Å². The molecule has 0 amide bonds. The Kier molecular flexibility index (Phi) is 1.19. The number of ether oxygens (including phenoxy) is 2. The Hall–Kier alpha value is -0.0800. The van der Waals surface area contributed by atoms with Gasteiger partial charge in [-0.05, 0) is 43.9 Å². The highest BCUT2D eigenvalue weighted by molar-refractivity contribution is 5.21. The molecule has 2 heteroatoms. The third-order valence-electron chi connectivity index (χ3n) is 4.80. The molecule has 2 atom stereocenters. The largest absolute Gasteiger partial charge is 0.378 e. The fraction of sp³-hybridized carbons (Fsp3) is 1.00. The van der Waals surface area contributed by atoms with Gasteiger partial charge in [0.25, 0.3) is 0 Å². The SMILES string of the molecule is CO[C@@H]1C[C@@]12CC1(CC1)CC1(CC1)O2. The van der Waals surface area contributed by atoms with Gasteiger partial charge in [0.2, 0.25) is 0 Å². The van der Waals surface area contributed by atoms with E-state index in [1.165, 1.54) is 38.5 Å². The van der Waals surface area contributed by atoms with Crippen molar-refractivity contribution < 1.29 is 9.47 Å². The molecular weight excluding hydrogens is 176 g/mol. The first kappa shape index (κ1) is 8.12. The third-order valence-corrected chi connectivity index (χ3v) is 4.80. The molecule has 1 aliphatic heterocycles. The first-order chi connectivity index (χ1) is 6.70. The average Bonchev–Trinajstić information content (AvgIpc) is 3.05. The van der Waals surface area contributed by atoms with Crippen LogP contribution in [-0.4, -0.2) is 24.4 Å².